The van der Waals surface area contributed by atoms with Crippen molar-refractivity contribution in [2.24, 2.45) is 5.10 Å². The Morgan fingerprint density at radius 3 is 2.53 bits per heavy atom. The Morgan fingerprint density at radius 2 is 1.84 bits per heavy atom. The van der Waals surface area contributed by atoms with Gasteiger partial charge in [-0.15, -0.1) is 0 Å². The lowest BCUT2D eigenvalue weighted by molar-refractivity contribution is -0.114. The van der Waals surface area contributed by atoms with Crippen LogP contribution >= 0.6 is 61.7 Å². The molecule has 32 heavy (non-hydrogen) atoms. The van der Waals surface area contributed by atoms with Crippen LogP contribution in [0.3, 0.4) is 0 Å². The normalized spacial score (nSPS) is 14.8. The van der Waals surface area contributed by atoms with Crippen LogP contribution in [0.2, 0.25) is 10.0 Å². The Labute approximate surface area is 218 Å². The van der Waals surface area contributed by atoms with Gasteiger partial charge in [0.05, 0.1) is 35.1 Å². The van der Waals surface area contributed by atoms with Crippen LogP contribution in [0, 0.1) is 3.57 Å². The Kier molecular flexibility index (Phi) is 7.24. The molecule has 1 amide bonds. The van der Waals surface area contributed by atoms with E-state index in [0.717, 1.165) is 24.9 Å². The van der Waals surface area contributed by atoms with E-state index in [1.54, 1.807) is 12.1 Å². The molecule has 1 aliphatic rings. The zero-order valence-corrected chi connectivity index (χ0v) is 22.0. The summed E-state index contributed by atoms with van der Waals surface area (Å²) >= 11 is 17.9. The third-order valence-electron chi connectivity index (χ3n) is 4.76. The zero-order chi connectivity index (χ0) is 22.8. The van der Waals surface area contributed by atoms with E-state index in [1.807, 2.05) is 61.5 Å². The maximum atomic E-state index is 13.0. The van der Waals surface area contributed by atoms with Gasteiger partial charge in [0.2, 0.25) is 0 Å². The third-order valence-corrected chi connectivity index (χ3v) is 6.89. The first-order valence-electron chi connectivity index (χ1n) is 9.56. The molecule has 0 radical (unpaired) electrons. The molecule has 0 saturated carbocycles. The number of hydrogen-bond acceptors (Lipinski definition) is 3. The van der Waals surface area contributed by atoms with E-state index in [2.05, 4.69) is 43.6 Å². The fourth-order valence-corrected chi connectivity index (χ4v) is 5.27. The second-order valence-corrected chi connectivity index (χ2v) is 9.88. The Balaban J connectivity index is 1.55. The van der Waals surface area contributed by atoms with Gasteiger partial charge in [-0.3, -0.25) is 4.79 Å². The molecular weight excluding hydrogens is 626 g/mol. The summed E-state index contributed by atoms with van der Waals surface area (Å²) < 4.78 is 7.71. The summed E-state index contributed by atoms with van der Waals surface area (Å²) in [5, 5.41) is 6.86. The zero-order valence-electron chi connectivity index (χ0n) is 16.8. The van der Waals surface area contributed by atoms with Gasteiger partial charge in [-0.25, -0.2) is 0 Å². The van der Waals surface area contributed by atoms with Crippen LogP contribution in [0.4, 0.5) is 5.69 Å². The Bertz CT molecular complexity index is 1240. The molecule has 0 fully saturated rings. The number of amides is 1. The number of carbonyl (C=O) groups is 1. The molecular formula is C24H16BrCl2IN2O2. The lowest BCUT2D eigenvalue weighted by Crippen LogP contribution is -2.21. The molecule has 4 nitrogen and oxygen atoms in total. The van der Waals surface area contributed by atoms with E-state index in [0.29, 0.717) is 33.7 Å². The summed E-state index contributed by atoms with van der Waals surface area (Å²) in [6.45, 7) is 2.18. The van der Waals surface area contributed by atoms with Crippen LogP contribution in [0.15, 0.2) is 75.8 Å². The molecule has 0 aliphatic carbocycles. The van der Waals surface area contributed by atoms with E-state index in [9.17, 15) is 4.79 Å². The molecule has 8 heteroatoms. The van der Waals surface area contributed by atoms with Crippen molar-refractivity contribution in [2.75, 3.05) is 5.01 Å². The minimum atomic E-state index is -0.153. The predicted octanol–water partition coefficient (Wildman–Crippen LogP) is 7.75. The van der Waals surface area contributed by atoms with Gasteiger partial charge >= 0.3 is 0 Å². The van der Waals surface area contributed by atoms with Crippen LogP contribution in [-0.4, -0.2) is 11.6 Å². The van der Waals surface area contributed by atoms with E-state index >= 15 is 0 Å². The maximum absolute atomic E-state index is 13.0. The maximum Gasteiger partial charge on any atom is 0.280 e. The highest BCUT2D eigenvalue weighted by molar-refractivity contribution is 14.1. The smallest absolute Gasteiger partial charge is 0.280 e. The minimum absolute atomic E-state index is 0.153. The number of hydrogen-bond donors (Lipinski definition) is 0. The summed E-state index contributed by atoms with van der Waals surface area (Å²) in [4.78, 5) is 13.0. The molecule has 0 aromatic heterocycles. The molecule has 0 atom stereocenters. The molecule has 0 spiro atoms. The number of hydrazone groups is 1. The average Bonchev–Trinajstić information content (AvgIpc) is 3.04. The standard InChI is InChI=1S/C24H16BrCl2IN2O2/c1-14-18(24(31)30(29-14)17-5-3-2-4-6-17)9-16-10-19(25)23(22(28)12-16)32-13-15-7-8-20(26)21(27)11-15/h2-12H,13H2,1H3/b18-9+. The molecule has 1 heterocycles. The van der Waals surface area contributed by atoms with Crippen molar-refractivity contribution in [2.45, 2.75) is 13.5 Å². The van der Waals surface area contributed by atoms with E-state index in [-0.39, 0.29) is 5.91 Å². The van der Waals surface area contributed by atoms with Gasteiger partial charge in [0.25, 0.3) is 5.91 Å². The summed E-state index contributed by atoms with van der Waals surface area (Å²) in [7, 11) is 0. The highest BCUT2D eigenvalue weighted by Gasteiger charge is 2.28. The second-order valence-electron chi connectivity index (χ2n) is 7.05. The van der Waals surface area contributed by atoms with Crippen molar-refractivity contribution in [1.82, 2.24) is 0 Å². The summed E-state index contributed by atoms with van der Waals surface area (Å²) in [6.07, 6.45) is 1.85. The van der Waals surface area contributed by atoms with Gasteiger partial charge in [-0.05, 0) is 99.0 Å². The molecule has 3 aromatic carbocycles. The number of anilines is 1. The SMILES string of the molecule is CC1=NN(c2ccccc2)C(=O)/C1=C/c1cc(Br)c(OCc2ccc(Cl)c(Cl)c2)c(I)c1. The van der Waals surface area contributed by atoms with Gasteiger partial charge in [-0.2, -0.15) is 10.1 Å². The number of halogens is 4. The van der Waals surface area contributed by atoms with Crippen LogP contribution in [0.25, 0.3) is 6.08 Å². The van der Waals surface area contributed by atoms with Crippen molar-refractivity contribution in [3.8, 4) is 5.75 Å². The quantitative estimate of drug-likeness (QED) is 0.211. The first-order valence-corrected chi connectivity index (χ1v) is 12.2. The molecule has 162 valence electrons. The summed E-state index contributed by atoms with van der Waals surface area (Å²) in [6, 6.07) is 18.7. The number of para-hydroxylation sites is 1. The van der Waals surface area contributed by atoms with Crippen LogP contribution in [0.1, 0.15) is 18.1 Å². The molecule has 0 saturated heterocycles. The molecule has 0 bridgehead atoms. The van der Waals surface area contributed by atoms with Crippen molar-refractivity contribution < 1.29 is 9.53 Å². The molecule has 3 aromatic rings. The lowest BCUT2D eigenvalue weighted by Gasteiger charge is -2.13. The predicted molar refractivity (Wildman–Crippen MR) is 143 cm³/mol. The highest BCUT2D eigenvalue weighted by Crippen LogP contribution is 2.34. The lowest BCUT2D eigenvalue weighted by atomic mass is 10.1. The van der Waals surface area contributed by atoms with E-state index < -0.39 is 0 Å². The van der Waals surface area contributed by atoms with Gasteiger partial charge in [0.15, 0.2) is 0 Å². The van der Waals surface area contributed by atoms with Crippen molar-refractivity contribution >= 4 is 85.1 Å². The minimum Gasteiger partial charge on any atom is -0.487 e. The van der Waals surface area contributed by atoms with Crippen molar-refractivity contribution in [3.63, 3.8) is 0 Å². The van der Waals surface area contributed by atoms with E-state index in [4.69, 9.17) is 27.9 Å². The van der Waals surface area contributed by atoms with Crippen molar-refractivity contribution in [1.29, 1.82) is 0 Å². The number of carbonyl (C=O) groups excluding carboxylic acids is 1. The topological polar surface area (TPSA) is 41.9 Å². The number of ether oxygens (including phenoxy) is 1. The fourth-order valence-electron chi connectivity index (χ4n) is 3.18. The monoisotopic (exact) mass is 640 g/mol. The first kappa shape index (κ1) is 23.3. The van der Waals surface area contributed by atoms with Gasteiger partial charge in [0.1, 0.15) is 12.4 Å². The summed E-state index contributed by atoms with van der Waals surface area (Å²) in [5.41, 5.74) is 3.75. The number of benzene rings is 3. The van der Waals surface area contributed by atoms with Gasteiger partial charge in [0, 0.05) is 0 Å². The van der Waals surface area contributed by atoms with Crippen molar-refractivity contribution in [3.05, 3.63) is 95.5 Å². The number of nitrogens with zero attached hydrogens (tertiary/aromatic N) is 2. The van der Waals surface area contributed by atoms with E-state index in [1.165, 1.54) is 5.01 Å². The first-order chi connectivity index (χ1) is 15.3. The molecule has 0 unspecified atom stereocenters. The third kappa shape index (κ3) is 5.03. The molecule has 0 N–H and O–H groups in total. The largest absolute Gasteiger partial charge is 0.487 e. The Hall–Kier alpha value is -1.87. The van der Waals surface area contributed by atoms with Crippen LogP contribution in [0.5, 0.6) is 5.75 Å². The average molecular weight is 642 g/mol. The second kappa shape index (κ2) is 9.95. The van der Waals surface area contributed by atoms with Crippen LogP contribution in [-0.2, 0) is 11.4 Å². The van der Waals surface area contributed by atoms with Gasteiger partial charge < -0.3 is 4.74 Å². The Morgan fingerprint density at radius 1 is 1.09 bits per heavy atom. The molecule has 4 rings (SSSR count). The number of rotatable bonds is 5. The van der Waals surface area contributed by atoms with Gasteiger partial charge in [-0.1, -0.05) is 47.5 Å². The molecule has 1 aliphatic heterocycles. The highest BCUT2D eigenvalue weighted by atomic mass is 127. The van der Waals surface area contributed by atoms with Crippen LogP contribution < -0.4 is 9.75 Å². The fraction of sp³-hybridized carbons (Fsp3) is 0.0833. The summed E-state index contributed by atoms with van der Waals surface area (Å²) in [5.74, 6) is 0.563.